The molecule has 0 radical (unpaired) electrons. The number of hydrogen-bond acceptors (Lipinski definition) is 1. The summed E-state index contributed by atoms with van der Waals surface area (Å²) in [6.45, 7) is 8.19. The molecule has 1 heterocycles. The van der Waals surface area contributed by atoms with Crippen molar-refractivity contribution in [3.05, 3.63) is 5.21 Å². The molecule has 0 N–H and O–H groups in total. The van der Waals surface area contributed by atoms with E-state index in [-0.39, 0.29) is 5.54 Å². The van der Waals surface area contributed by atoms with Crippen molar-refractivity contribution in [2.45, 2.75) is 46.1 Å². The summed E-state index contributed by atoms with van der Waals surface area (Å²) in [7, 11) is 0. The minimum Gasteiger partial charge on any atom is -0.623 e. The Morgan fingerprint density at radius 1 is 1.45 bits per heavy atom. The fourth-order valence-corrected chi connectivity index (χ4v) is 1.55. The molecule has 1 aliphatic heterocycles. The van der Waals surface area contributed by atoms with Crippen LogP contribution in [0.15, 0.2) is 0 Å². The van der Waals surface area contributed by atoms with Gasteiger partial charge in [-0.15, -0.1) is 0 Å². The molecular formula is C9H17NO. The molecule has 0 spiro atoms. The number of nitrogens with zero attached hydrogens (tertiary/aromatic N) is 1. The molecule has 0 aliphatic carbocycles. The lowest BCUT2D eigenvalue weighted by molar-refractivity contribution is -0.532. The minimum atomic E-state index is -0.153. The van der Waals surface area contributed by atoms with Gasteiger partial charge in [0.1, 0.15) is 0 Å². The Labute approximate surface area is 68.5 Å². The third kappa shape index (κ3) is 1.39. The van der Waals surface area contributed by atoms with E-state index in [9.17, 15) is 5.21 Å². The van der Waals surface area contributed by atoms with Crippen LogP contribution in [0.1, 0.15) is 40.5 Å². The highest BCUT2D eigenvalue weighted by Gasteiger charge is 2.37. The fourth-order valence-electron chi connectivity index (χ4n) is 1.55. The largest absolute Gasteiger partial charge is 0.623 e. The Morgan fingerprint density at radius 2 is 2.00 bits per heavy atom. The molecule has 0 aromatic rings. The van der Waals surface area contributed by atoms with Gasteiger partial charge in [-0.2, -0.15) is 0 Å². The van der Waals surface area contributed by atoms with Crippen LogP contribution < -0.4 is 0 Å². The van der Waals surface area contributed by atoms with Crippen molar-refractivity contribution >= 4 is 5.71 Å². The molecule has 1 aliphatic rings. The molecule has 64 valence electrons. The first kappa shape index (κ1) is 8.57. The van der Waals surface area contributed by atoms with Gasteiger partial charge in [0.25, 0.3) is 0 Å². The van der Waals surface area contributed by atoms with Crippen molar-refractivity contribution in [1.29, 1.82) is 0 Å². The number of hydrogen-bond donors (Lipinski definition) is 0. The molecule has 0 atom stereocenters. The van der Waals surface area contributed by atoms with Crippen LogP contribution in [-0.2, 0) is 0 Å². The Kier molecular flexibility index (Phi) is 1.95. The summed E-state index contributed by atoms with van der Waals surface area (Å²) < 4.78 is 1.21. The van der Waals surface area contributed by atoms with Crippen molar-refractivity contribution in [3.8, 4) is 0 Å². The zero-order chi connectivity index (χ0) is 8.65. The van der Waals surface area contributed by atoms with Crippen LogP contribution in [0, 0.1) is 11.1 Å². The fraction of sp³-hybridized carbons (Fsp3) is 0.889. The number of rotatable bonds is 1. The Bertz CT molecular complexity index is 192. The van der Waals surface area contributed by atoms with E-state index >= 15 is 0 Å². The lowest BCUT2D eigenvalue weighted by Crippen LogP contribution is -2.30. The Morgan fingerprint density at radius 3 is 2.18 bits per heavy atom. The standard InChI is InChI=1S/C9H17NO/c1-7(2)8-5-6-9(3,4)10(8)11/h7H,5-6H2,1-4H3. The maximum Gasteiger partial charge on any atom is 0.167 e. The van der Waals surface area contributed by atoms with Crippen molar-refractivity contribution in [2.24, 2.45) is 5.92 Å². The van der Waals surface area contributed by atoms with Crippen molar-refractivity contribution in [2.75, 3.05) is 0 Å². The van der Waals surface area contributed by atoms with Gasteiger partial charge < -0.3 is 5.21 Å². The molecule has 0 bridgehead atoms. The second kappa shape index (κ2) is 2.50. The summed E-state index contributed by atoms with van der Waals surface area (Å²) in [5.41, 5.74) is 0.912. The third-order valence-electron chi connectivity index (χ3n) is 2.47. The van der Waals surface area contributed by atoms with Gasteiger partial charge in [-0.25, -0.2) is 4.74 Å². The predicted octanol–water partition coefficient (Wildman–Crippen LogP) is 2.17. The monoisotopic (exact) mass is 155 g/mol. The lowest BCUT2D eigenvalue weighted by atomic mass is 10.0. The zero-order valence-corrected chi connectivity index (χ0v) is 7.85. The average molecular weight is 155 g/mol. The smallest absolute Gasteiger partial charge is 0.167 e. The highest BCUT2D eigenvalue weighted by atomic mass is 16.5. The average Bonchev–Trinajstić information content (AvgIpc) is 2.09. The summed E-state index contributed by atoms with van der Waals surface area (Å²) in [5, 5.41) is 11.5. The van der Waals surface area contributed by atoms with Gasteiger partial charge >= 0.3 is 0 Å². The molecule has 0 aromatic heterocycles. The summed E-state index contributed by atoms with van der Waals surface area (Å²) in [5.74, 6) is 0.411. The summed E-state index contributed by atoms with van der Waals surface area (Å²) in [6.07, 6.45) is 1.98. The molecule has 0 saturated carbocycles. The molecular weight excluding hydrogens is 138 g/mol. The van der Waals surface area contributed by atoms with E-state index in [1.165, 1.54) is 4.74 Å². The van der Waals surface area contributed by atoms with E-state index in [1.807, 2.05) is 13.8 Å². The Hall–Kier alpha value is -0.530. The Balaban J connectivity index is 2.90. The van der Waals surface area contributed by atoms with Crippen LogP contribution in [0.25, 0.3) is 0 Å². The summed E-state index contributed by atoms with van der Waals surface area (Å²) in [6, 6.07) is 0. The van der Waals surface area contributed by atoms with Crippen molar-refractivity contribution in [3.63, 3.8) is 0 Å². The van der Waals surface area contributed by atoms with E-state index in [0.717, 1.165) is 18.6 Å². The number of hydroxylamine groups is 1. The first-order valence-corrected chi connectivity index (χ1v) is 4.28. The van der Waals surface area contributed by atoms with Crippen LogP contribution in [0.4, 0.5) is 0 Å². The topological polar surface area (TPSA) is 26.1 Å². The highest BCUT2D eigenvalue weighted by Crippen LogP contribution is 2.26. The van der Waals surface area contributed by atoms with E-state index in [2.05, 4.69) is 13.8 Å². The van der Waals surface area contributed by atoms with Crippen LogP contribution in [-0.4, -0.2) is 16.0 Å². The van der Waals surface area contributed by atoms with Gasteiger partial charge in [-0.3, -0.25) is 0 Å². The van der Waals surface area contributed by atoms with Gasteiger partial charge in [-0.1, -0.05) is 13.8 Å². The van der Waals surface area contributed by atoms with Crippen LogP contribution >= 0.6 is 0 Å². The molecule has 11 heavy (non-hydrogen) atoms. The normalized spacial score (nSPS) is 23.4. The van der Waals surface area contributed by atoms with E-state index in [1.54, 1.807) is 0 Å². The summed E-state index contributed by atoms with van der Waals surface area (Å²) >= 11 is 0. The quantitative estimate of drug-likeness (QED) is 0.421. The second-order valence-corrected chi connectivity index (χ2v) is 4.25. The third-order valence-corrected chi connectivity index (χ3v) is 2.47. The van der Waals surface area contributed by atoms with Crippen LogP contribution in [0.2, 0.25) is 0 Å². The SMILES string of the molecule is CC(C)C1=[N+]([O-])C(C)(C)CC1. The summed E-state index contributed by atoms with van der Waals surface area (Å²) in [4.78, 5) is 0. The van der Waals surface area contributed by atoms with Gasteiger partial charge in [0.05, 0.1) is 0 Å². The molecule has 0 unspecified atom stereocenters. The minimum absolute atomic E-state index is 0.153. The van der Waals surface area contributed by atoms with Crippen LogP contribution in [0.3, 0.4) is 0 Å². The first-order chi connectivity index (χ1) is 4.95. The molecule has 0 saturated heterocycles. The maximum absolute atomic E-state index is 11.5. The van der Waals surface area contributed by atoms with E-state index in [4.69, 9.17) is 0 Å². The zero-order valence-electron chi connectivity index (χ0n) is 7.85. The molecule has 0 aromatic carbocycles. The van der Waals surface area contributed by atoms with Crippen molar-refractivity contribution in [1.82, 2.24) is 0 Å². The van der Waals surface area contributed by atoms with Crippen molar-refractivity contribution < 1.29 is 4.74 Å². The second-order valence-electron chi connectivity index (χ2n) is 4.25. The maximum atomic E-state index is 11.5. The molecule has 0 amide bonds. The molecule has 1 rings (SSSR count). The van der Waals surface area contributed by atoms with Gasteiger partial charge in [0.15, 0.2) is 11.3 Å². The molecule has 2 heteroatoms. The first-order valence-electron chi connectivity index (χ1n) is 4.28. The highest BCUT2D eigenvalue weighted by molar-refractivity contribution is 5.82. The molecule has 0 fully saturated rings. The van der Waals surface area contributed by atoms with Gasteiger partial charge in [-0.05, 0) is 0 Å². The van der Waals surface area contributed by atoms with Crippen LogP contribution in [0.5, 0.6) is 0 Å². The predicted molar refractivity (Wildman–Crippen MR) is 46.8 cm³/mol. The lowest BCUT2D eigenvalue weighted by Gasteiger charge is -2.18. The molecule has 2 nitrogen and oxygen atoms in total. The van der Waals surface area contributed by atoms with E-state index in [0.29, 0.717) is 5.92 Å². The van der Waals surface area contributed by atoms with Gasteiger partial charge in [0.2, 0.25) is 0 Å². The van der Waals surface area contributed by atoms with Gasteiger partial charge in [0, 0.05) is 32.6 Å². The van der Waals surface area contributed by atoms with E-state index < -0.39 is 0 Å².